The van der Waals surface area contributed by atoms with E-state index in [0.29, 0.717) is 23.0 Å². The molecule has 0 heterocycles. The van der Waals surface area contributed by atoms with Gasteiger partial charge in [0.15, 0.2) is 0 Å². The molecule has 0 saturated heterocycles. The lowest BCUT2D eigenvalue weighted by atomic mass is 9.44. The molecule has 4 fully saturated rings. The number of carbonyl (C=O) groups is 1. The molecule has 0 aromatic rings. The van der Waals surface area contributed by atoms with E-state index in [1.54, 1.807) is 0 Å². The highest BCUT2D eigenvalue weighted by atomic mass is 16.3. The van der Waals surface area contributed by atoms with Crippen molar-refractivity contribution < 1.29 is 9.90 Å². The van der Waals surface area contributed by atoms with E-state index in [2.05, 4.69) is 20.8 Å². The Balaban J connectivity index is 1.62. The summed E-state index contributed by atoms with van der Waals surface area (Å²) in [6.45, 7) is 7.14. The lowest BCUT2D eigenvalue weighted by molar-refractivity contribution is -0.158. The molecule has 4 saturated carbocycles. The van der Waals surface area contributed by atoms with Gasteiger partial charge >= 0.3 is 0 Å². The number of fused-ring (bicyclic) bond motifs is 5. The fourth-order valence-electron chi connectivity index (χ4n) is 7.98. The average Bonchev–Trinajstić information content (AvgIpc) is 2.80. The molecule has 4 aliphatic carbocycles. The molecule has 0 aromatic heterocycles. The van der Waals surface area contributed by atoms with Gasteiger partial charge in [0.1, 0.15) is 5.78 Å². The van der Waals surface area contributed by atoms with Crippen LogP contribution in [0.1, 0.15) is 91.4 Å². The zero-order valence-electron chi connectivity index (χ0n) is 15.9. The molecule has 0 bridgehead atoms. The first-order valence-corrected chi connectivity index (χ1v) is 10.6. The highest BCUT2D eigenvalue weighted by Gasteiger charge is 2.64. The van der Waals surface area contributed by atoms with Crippen molar-refractivity contribution in [3.8, 4) is 0 Å². The second-order valence-electron chi connectivity index (χ2n) is 10.2. The Hall–Kier alpha value is -0.370. The maximum atomic E-state index is 12.0. The minimum atomic E-state index is -0.419. The monoisotopic (exact) mass is 332 g/mol. The minimum Gasteiger partial charge on any atom is -0.389 e. The average molecular weight is 333 g/mol. The van der Waals surface area contributed by atoms with Crippen molar-refractivity contribution >= 4 is 5.78 Å². The molecular weight excluding hydrogens is 296 g/mol. The molecule has 0 unspecified atom stereocenters. The Morgan fingerprint density at radius 3 is 2.54 bits per heavy atom. The van der Waals surface area contributed by atoms with E-state index in [4.69, 9.17) is 0 Å². The number of ketones is 1. The fourth-order valence-corrected chi connectivity index (χ4v) is 7.98. The summed E-state index contributed by atoms with van der Waals surface area (Å²) < 4.78 is 0. The van der Waals surface area contributed by atoms with Crippen LogP contribution in [0.4, 0.5) is 0 Å². The minimum absolute atomic E-state index is 0.137. The van der Waals surface area contributed by atoms with Crippen LogP contribution in [0.15, 0.2) is 0 Å². The molecule has 1 N–H and O–H groups in total. The summed E-state index contributed by atoms with van der Waals surface area (Å²) in [7, 11) is 0. The Morgan fingerprint density at radius 1 is 1.04 bits per heavy atom. The SMILES string of the molecule is CCC[C@]1(O)CC[C@@H]2[C@H]3CC[C@H]4CC(=O)CC[C@]4(C)[C@H]3CC[C@@]21C. The number of hydrogen-bond donors (Lipinski definition) is 1. The highest BCUT2D eigenvalue weighted by Crippen LogP contribution is 2.68. The number of aliphatic hydroxyl groups is 1. The van der Waals surface area contributed by atoms with Gasteiger partial charge < -0.3 is 5.11 Å². The van der Waals surface area contributed by atoms with Crippen molar-refractivity contribution in [2.24, 2.45) is 34.5 Å². The third-order valence-electron chi connectivity index (χ3n) is 9.47. The van der Waals surface area contributed by atoms with Crippen LogP contribution in [0.25, 0.3) is 0 Å². The van der Waals surface area contributed by atoms with Crippen LogP contribution >= 0.6 is 0 Å². The normalized spacial score (nSPS) is 54.1. The lowest BCUT2D eigenvalue weighted by Gasteiger charge is -2.61. The highest BCUT2D eigenvalue weighted by molar-refractivity contribution is 5.79. The van der Waals surface area contributed by atoms with E-state index in [1.165, 1.54) is 32.1 Å². The molecule has 0 aromatic carbocycles. The molecule has 0 amide bonds. The summed E-state index contributed by atoms with van der Waals surface area (Å²) in [6, 6.07) is 0. The first kappa shape index (κ1) is 17.1. The van der Waals surface area contributed by atoms with Crippen molar-refractivity contribution in [2.75, 3.05) is 0 Å². The van der Waals surface area contributed by atoms with Crippen LogP contribution in [-0.4, -0.2) is 16.5 Å². The first-order valence-electron chi connectivity index (χ1n) is 10.6. The number of hydrogen-bond acceptors (Lipinski definition) is 2. The quantitative estimate of drug-likeness (QED) is 0.761. The van der Waals surface area contributed by atoms with Crippen LogP contribution in [0.3, 0.4) is 0 Å². The van der Waals surface area contributed by atoms with Gasteiger partial charge in [-0.2, -0.15) is 0 Å². The van der Waals surface area contributed by atoms with Gasteiger partial charge in [-0.25, -0.2) is 0 Å². The van der Waals surface area contributed by atoms with E-state index in [9.17, 15) is 9.90 Å². The van der Waals surface area contributed by atoms with Crippen molar-refractivity contribution in [3.05, 3.63) is 0 Å². The van der Waals surface area contributed by atoms with E-state index in [-0.39, 0.29) is 5.41 Å². The standard InChI is InChI=1S/C22H36O2/c1-4-10-22(24)13-9-19-17-6-5-15-14-16(23)7-11-20(15,2)18(17)8-12-21(19,22)3/h15,17-19,24H,4-14H2,1-3H3/t15-,17-,18-,19+,20-,21-,22-/m0/s1. The van der Waals surface area contributed by atoms with Gasteiger partial charge in [-0.05, 0) is 85.9 Å². The van der Waals surface area contributed by atoms with Crippen molar-refractivity contribution in [1.82, 2.24) is 0 Å². The number of rotatable bonds is 2. The molecule has 2 heteroatoms. The van der Waals surface area contributed by atoms with Crippen LogP contribution in [0.5, 0.6) is 0 Å². The van der Waals surface area contributed by atoms with E-state index >= 15 is 0 Å². The van der Waals surface area contributed by atoms with Gasteiger partial charge in [-0.3, -0.25) is 4.79 Å². The Labute approximate surface area is 147 Å². The predicted octanol–water partition coefficient (Wildman–Crippen LogP) is 5.13. The molecular formula is C22H36O2. The van der Waals surface area contributed by atoms with Gasteiger partial charge in [0, 0.05) is 12.8 Å². The molecule has 0 spiro atoms. The molecule has 24 heavy (non-hydrogen) atoms. The van der Waals surface area contributed by atoms with Crippen molar-refractivity contribution in [1.29, 1.82) is 0 Å². The molecule has 2 nitrogen and oxygen atoms in total. The zero-order valence-corrected chi connectivity index (χ0v) is 15.9. The largest absolute Gasteiger partial charge is 0.389 e. The summed E-state index contributed by atoms with van der Waals surface area (Å²) >= 11 is 0. The first-order chi connectivity index (χ1) is 11.3. The molecule has 4 rings (SSSR count). The summed E-state index contributed by atoms with van der Waals surface area (Å²) in [5.41, 5.74) is 0.110. The Bertz CT molecular complexity index is 528. The van der Waals surface area contributed by atoms with Crippen LogP contribution in [0, 0.1) is 34.5 Å². The summed E-state index contributed by atoms with van der Waals surface area (Å²) in [4.78, 5) is 12.0. The second-order valence-corrected chi connectivity index (χ2v) is 10.2. The topological polar surface area (TPSA) is 37.3 Å². The predicted molar refractivity (Wildman–Crippen MR) is 96.6 cm³/mol. The van der Waals surface area contributed by atoms with E-state index in [0.717, 1.165) is 50.4 Å². The molecule has 0 aliphatic heterocycles. The van der Waals surface area contributed by atoms with Gasteiger partial charge in [0.05, 0.1) is 5.60 Å². The van der Waals surface area contributed by atoms with Crippen LogP contribution in [0.2, 0.25) is 0 Å². The Kier molecular flexibility index (Phi) is 3.95. The number of carbonyl (C=O) groups excluding carboxylic acids is 1. The molecule has 136 valence electrons. The summed E-state index contributed by atoms with van der Waals surface area (Å²) in [6.07, 6.45) is 12.2. The zero-order chi connectivity index (χ0) is 17.2. The maximum absolute atomic E-state index is 12.0. The number of Topliss-reactive ketones (excluding diaryl/α,β-unsaturated/α-hetero) is 1. The van der Waals surface area contributed by atoms with Gasteiger partial charge in [-0.15, -0.1) is 0 Å². The lowest BCUT2D eigenvalue weighted by Crippen LogP contribution is -2.56. The third kappa shape index (κ3) is 2.14. The molecule has 0 radical (unpaired) electrons. The molecule has 7 atom stereocenters. The van der Waals surface area contributed by atoms with E-state index in [1.807, 2.05) is 0 Å². The smallest absolute Gasteiger partial charge is 0.133 e. The molecule has 4 aliphatic rings. The van der Waals surface area contributed by atoms with Gasteiger partial charge in [0.2, 0.25) is 0 Å². The van der Waals surface area contributed by atoms with Crippen molar-refractivity contribution in [3.63, 3.8) is 0 Å². The summed E-state index contributed by atoms with van der Waals surface area (Å²) in [5, 5.41) is 11.4. The fraction of sp³-hybridized carbons (Fsp3) is 0.955. The second kappa shape index (κ2) is 5.56. The van der Waals surface area contributed by atoms with Gasteiger partial charge in [-0.1, -0.05) is 27.2 Å². The Morgan fingerprint density at radius 2 is 1.79 bits per heavy atom. The maximum Gasteiger partial charge on any atom is 0.133 e. The summed E-state index contributed by atoms with van der Waals surface area (Å²) in [5.74, 6) is 3.45. The van der Waals surface area contributed by atoms with Crippen LogP contribution < -0.4 is 0 Å². The van der Waals surface area contributed by atoms with Gasteiger partial charge in [0.25, 0.3) is 0 Å². The van der Waals surface area contributed by atoms with Crippen molar-refractivity contribution in [2.45, 2.75) is 97.0 Å². The van der Waals surface area contributed by atoms with E-state index < -0.39 is 5.60 Å². The third-order valence-corrected chi connectivity index (χ3v) is 9.47. The van der Waals surface area contributed by atoms with Crippen LogP contribution in [-0.2, 0) is 4.79 Å².